The molecule has 3 aromatic carbocycles. The van der Waals surface area contributed by atoms with Gasteiger partial charge in [0, 0.05) is 36.2 Å². The number of nitrogens with one attached hydrogen (secondary N) is 1. The van der Waals surface area contributed by atoms with E-state index < -0.39 is 0 Å². The second kappa shape index (κ2) is 10.1. The van der Waals surface area contributed by atoms with Crippen LogP contribution in [0.15, 0.2) is 84.9 Å². The van der Waals surface area contributed by atoms with Gasteiger partial charge in [0.1, 0.15) is 0 Å². The summed E-state index contributed by atoms with van der Waals surface area (Å²) in [7, 11) is 1.44. The van der Waals surface area contributed by atoms with Crippen LogP contribution < -0.4 is 0 Å². The highest BCUT2D eigenvalue weighted by Gasteiger charge is 2.16. The number of H-pyrrole nitrogens is 1. The van der Waals surface area contributed by atoms with E-state index >= 15 is 0 Å². The van der Waals surface area contributed by atoms with Crippen LogP contribution in [0.1, 0.15) is 22.4 Å². The number of esters is 1. The lowest BCUT2D eigenvalue weighted by atomic mass is 10.0. The fourth-order valence-electron chi connectivity index (χ4n) is 4.08. The normalized spacial score (nSPS) is 11.2. The average molecular weight is 413 g/mol. The van der Waals surface area contributed by atoms with Crippen molar-refractivity contribution in [2.75, 3.05) is 13.7 Å². The Labute approximate surface area is 183 Å². The van der Waals surface area contributed by atoms with E-state index in [1.807, 2.05) is 12.1 Å². The van der Waals surface area contributed by atoms with Gasteiger partial charge in [-0.25, -0.2) is 0 Å². The largest absolute Gasteiger partial charge is 0.469 e. The zero-order valence-electron chi connectivity index (χ0n) is 17.9. The zero-order chi connectivity index (χ0) is 21.5. The molecule has 31 heavy (non-hydrogen) atoms. The first-order valence-corrected chi connectivity index (χ1v) is 10.7. The Morgan fingerprint density at radius 1 is 0.839 bits per heavy atom. The molecule has 1 heterocycles. The van der Waals surface area contributed by atoms with Crippen molar-refractivity contribution in [1.82, 2.24) is 9.88 Å². The van der Waals surface area contributed by atoms with Gasteiger partial charge in [-0.1, -0.05) is 78.9 Å². The molecule has 0 saturated heterocycles. The molecule has 0 saturated carbocycles. The fourth-order valence-corrected chi connectivity index (χ4v) is 4.08. The maximum Gasteiger partial charge on any atom is 0.311 e. The summed E-state index contributed by atoms with van der Waals surface area (Å²) < 4.78 is 4.92. The molecule has 4 nitrogen and oxygen atoms in total. The molecular weight excluding hydrogens is 384 g/mol. The number of hydrogen-bond donors (Lipinski definition) is 1. The van der Waals surface area contributed by atoms with Gasteiger partial charge >= 0.3 is 5.97 Å². The highest BCUT2D eigenvalue weighted by Crippen LogP contribution is 2.24. The Bertz CT molecular complexity index is 1080. The summed E-state index contributed by atoms with van der Waals surface area (Å²) in [5, 5.41) is 1.18. The standard InChI is InChI=1S/C27H28N2O2/c1-31-27(30)18-26-24(23-14-8-9-15-25(23)28-26)16-17-29(19-21-10-4-2-5-11-21)20-22-12-6-3-7-13-22/h2-15,28H,16-20H2,1H3. The maximum absolute atomic E-state index is 12.0. The third-order valence-corrected chi connectivity index (χ3v) is 5.63. The van der Waals surface area contributed by atoms with Gasteiger partial charge in [0.2, 0.25) is 0 Å². The first kappa shape index (κ1) is 20.9. The number of aromatic amines is 1. The van der Waals surface area contributed by atoms with Crippen molar-refractivity contribution >= 4 is 16.9 Å². The van der Waals surface area contributed by atoms with E-state index in [1.165, 1.54) is 29.2 Å². The maximum atomic E-state index is 12.0. The summed E-state index contributed by atoms with van der Waals surface area (Å²) >= 11 is 0. The van der Waals surface area contributed by atoms with Crippen LogP contribution in [0.3, 0.4) is 0 Å². The van der Waals surface area contributed by atoms with Crippen LogP contribution in [-0.2, 0) is 35.5 Å². The Morgan fingerprint density at radius 2 is 1.42 bits per heavy atom. The van der Waals surface area contributed by atoms with Gasteiger partial charge in [-0.2, -0.15) is 0 Å². The number of rotatable bonds is 9. The molecule has 4 rings (SSSR count). The van der Waals surface area contributed by atoms with E-state index in [1.54, 1.807) is 0 Å². The predicted molar refractivity (Wildman–Crippen MR) is 125 cm³/mol. The average Bonchev–Trinajstić information content (AvgIpc) is 3.15. The molecule has 0 unspecified atom stereocenters. The summed E-state index contributed by atoms with van der Waals surface area (Å²) in [6.45, 7) is 2.65. The first-order valence-electron chi connectivity index (χ1n) is 10.7. The molecule has 0 spiro atoms. The number of carbonyl (C=O) groups excluding carboxylic acids is 1. The Morgan fingerprint density at radius 3 is 2.03 bits per heavy atom. The van der Waals surface area contributed by atoms with Crippen LogP contribution in [0.4, 0.5) is 0 Å². The lowest BCUT2D eigenvalue weighted by Crippen LogP contribution is -2.25. The van der Waals surface area contributed by atoms with Crippen LogP contribution in [0, 0.1) is 0 Å². The summed E-state index contributed by atoms with van der Waals surface area (Å²) in [5.74, 6) is -0.224. The molecule has 0 aliphatic heterocycles. The number of benzene rings is 3. The van der Waals surface area contributed by atoms with Crippen LogP contribution in [0.5, 0.6) is 0 Å². The third kappa shape index (κ3) is 5.41. The van der Waals surface area contributed by atoms with Gasteiger partial charge < -0.3 is 9.72 Å². The first-order chi connectivity index (χ1) is 15.2. The lowest BCUT2D eigenvalue weighted by Gasteiger charge is -2.23. The molecule has 0 aliphatic rings. The zero-order valence-corrected chi connectivity index (χ0v) is 17.9. The SMILES string of the molecule is COC(=O)Cc1[nH]c2ccccc2c1CCN(Cc1ccccc1)Cc1ccccc1. The van der Waals surface area contributed by atoms with E-state index in [2.05, 4.69) is 82.7 Å². The smallest absolute Gasteiger partial charge is 0.311 e. The molecule has 4 aromatic rings. The van der Waals surface area contributed by atoms with Crippen LogP contribution in [0.25, 0.3) is 10.9 Å². The number of methoxy groups -OCH3 is 1. The molecule has 0 atom stereocenters. The summed E-state index contributed by atoms with van der Waals surface area (Å²) in [6, 6.07) is 29.4. The second-order valence-electron chi connectivity index (χ2n) is 7.81. The number of nitrogens with zero attached hydrogens (tertiary/aromatic N) is 1. The van der Waals surface area contributed by atoms with Crippen molar-refractivity contribution in [2.24, 2.45) is 0 Å². The molecule has 0 bridgehead atoms. The monoisotopic (exact) mass is 412 g/mol. The molecule has 0 fully saturated rings. The minimum absolute atomic E-state index is 0.224. The molecule has 1 N–H and O–H groups in total. The highest BCUT2D eigenvalue weighted by molar-refractivity contribution is 5.86. The highest BCUT2D eigenvalue weighted by atomic mass is 16.5. The minimum atomic E-state index is -0.224. The van der Waals surface area contributed by atoms with Crippen molar-refractivity contribution in [2.45, 2.75) is 25.9 Å². The van der Waals surface area contributed by atoms with Crippen LogP contribution >= 0.6 is 0 Å². The van der Waals surface area contributed by atoms with Crippen molar-refractivity contribution < 1.29 is 9.53 Å². The predicted octanol–water partition coefficient (Wildman–Crippen LogP) is 5.13. The van der Waals surface area contributed by atoms with Gasteiger partial charge in [0.15, 0.2) is 0 Å². The number of hydrogen-bond acceptors (Lipinski definition) is 3. The quantitative estimate of drug-likeness (QED) is 0.388. The van der Waals surface area contributed by atoms with Gasteiger partial charge in [0.25, 0.3) is 0 Å². The van der Waals surface area contributed by atoms with Crippen molar-refractivity contribution in [3.05, 3.63) is 107 Å². The minimum Gasteiger partial charge on any atom is -0.469 e. The van der Waals surface area contributed by atoms with E-state index in [-0.39, 0.29) is 12.4 Å². The molecular formula is C27H28N2O2. The molecule has 158 valence electrons. The van der Waals surface area contributed by atoms with E-state index in [9.17, 15) is 4.79 Å². The molecule has 0 aliphatic carbocycles. The molecule has 0 radical (unpaired) electrons. The summed E-state index contributed by atoms with van der Waals surface area (Å²) in [4.78, 5) is 17.9. The Hall–Kier alpha value is -3.37. The molecule has 1 aromatic heterocycles. The Balaban J connectivity index is 1.57. The second-order valence-corrected chi connectivity index (χ2v) is 7.81. The summed E-state index contributed by atoms with van der Waals surface area (Å²) in [6.07, 6.45) is 1.12. The number of para-hydroxylation sites is 1. The molecule has 4 heteroatoms. The number of aromatic nitrogens is 1. The van der Waals surface area contributed by atoms with E-state index in [0.717, 1.165) is 37.3 Å². The van der Waals surface area contributed by atoms with E-state index in [4.69, 9.17) is 4.74 Å². The topological polar surface area (TPSA) is 45.3 Å². The number of carbonyl (C=O) groups is 1. The third-order valence-electron chi connectivity index (χ3n) is 5.63. The van der Waals surface area contributed by atoms with Crippen molar-refractivity contribution in [1.29, 1.82) is 0 Å². The van der Waals surface area contributed by atoms with Crippen molar-refractivity contribution in [3.63, 3.8) is 0 Å². The number of ether oxygens (including phenoxy) is 1. The van der Waals surface area contributed by atoms with Gasteiger partial charge in [-0.05, 0) is 29.2 Å². The van der Waals surface area contributed by atoms with Crippen LogP contribution in [-0.4, -0.2) is 29.5 Å². The van der Waals surface area contributed by atoms with Crippen molar-refractivity contribution in [3.8, 4) is 0 Å². The number of fused-ring (bicyclic) bond motifs is 1. The van der Waals surface area contributed by atoms with E-state index in [0.29, 0.717) is 0 Å². The summed E-state index contributed by atoms with van der Waals surface area (Å²) in [5.41, 5.74) is 5.81. The van der Waals surface area contributed by atoms with Gasteiger partial charge in [0.05, 0.1) is 13.5 Å². The van der Waals surface area contributed by atoms with Gasteiger partial charge in [-0.15, -0.1) is 0 Å². The van der Waals surface area contributed by atoms with Gasteiger partial charge in [-0.3, -0.25) is 9.69 Å². The lowest BCUT2D eigenvalue weighted by molar-refractivity contribution is -0.139. The fraction of sp³-hybridized carbons (Fsp3) is 0.222. The Kier molecular flexibility index (Phi) is 6.80. The molecule has 0 amide bonds. The van der Waals surface area contributed by atoms with Crippen LogP contribution in [0.2, 0.25) is 0 Å².